The Hall–Kier alpha value is -0.560. The lowest BCUT2D eigenvalue weighted by Crippen LogP contribution is -2.42. The summed E-state index contributed by atoms with van der Waals surface area (Å²) in [5.41, 5.74) is 6.33. The third-order valence-electron chi connectivity index (χ3n) is 3.90. The maximum absolute atomic E-state index is 12.5. The lowest BCUT2D eigenvalue weighted by molar-refractivity contribution is 0.410. The molecule has 1 aliphatic carbocycles. The van der Waals surface area contributed by atoms with Gasteiger partial charge < -0.3 is 10.3 Å². The van der Waals surface area contributed by atoms with Gasteiger partial charge in [-0.25, -0.2) is 0 Å². The summed E-state index contributed by atoms with van der Waals surface area (Å²) in [6.07, 6.45) is 4.84. The van der Waals surface area contributed by atoms with Gasteiger partial charge >= 0.3 is 0 Å². The van der Waals surface area contributed by atoms with Crippen molar-refractivity contribution in [1.82, 2.24) is 4.72 Å². The molecule has 0 amide bonds. The molecule has 1 aromatic heterocycles. The number of thiophene rings is 1. The summed E-state index contributed by atoms with van der Waals surface area (Å²) in [6, 6.07) is 2.08. The summed E-state index contributed by atoms with van der Waals surface area (Å²) in [7, 11) is 0. The first-order chi connectivity index (χ1) is 9.79. The average Bonchev–Trinajstić information content (AvgIpc) is 3.05. The van der Waals surface area contributed by atoms with Crippen molar-refractivity contribution in [2.24, 2.45) is 11.7 Å². The minimum Gasteiger partial charge on any atom is -0.598 e. The van der Waals surface area contributed by atoms with Crippen molar-refractivity contribution < 1.29 is 4.55 Å². The number of amidine groups is 1. The Morgan fingerprint density at radius 1 is 1.48 bits per heavy atom. The van der Waals surface area contributed by atoms with Crippen LogP contribution in [0.1, 0.15) is 62.9 Å². The summed E-state index contributed by atoms with van der Waals surface area (Å²) in [6.45, 7) is 5.95. The van der Waals surface area contributed by atoms with Crippen LogP contribution in [-0.2, 0) is 11.4 Å². The largest absolute Gasteiger partial charge is 0.598 e. The predicted molar refractivity (Wildman–Crippen MR) is 91.1 cm³/mol. The predicted octanol–water partition coefficient (Wildman–Crippen LogP) is 3.32. The van der Waals surface area contributed by atoms with Crippen molar-refractivity contribution in [3.8, 4) is 0 Å². The molecule has 0 aliphatic heterocycles. The molecule has 2 atom stereocenters. The van der Waals surface area contributed by atoms with Gasteiger partial charge in [-0.3, -0.25) is 5.41 Å². The van der Waals surface area contributed by atoms with Crippen molar-refractivity contribution in [3.05, 3.63) is 21.9 Å². The molecular weight excluding hydrogens is 302 g/mol. The topological polar surface area (TPSA) is 85.0 Å². The van der Waals surface area contributed by atoms with Crippen LogP contribution in [0.15, 0.2) is 11.4 Å². The fourth-order valence-electron chi connectivity index (χ4n) is 2.63. The summed E-state index contributed by atoms with van der Waals surface area (Å²) in [5, 5.41) is 9.46. The molecule has 4 nitrogen and oxygen atoms in total. The highest BCUT2D eigenvalue weighted by molar-refractivity contribution is 7.90. The molecule has 2 rings (SSSR count). The summed E-state index contributed by atoms with van der Waals surface area (Å²) in [4.78, 5) is 1.14. The second-order valence-electron chi connectivity index (χ2n) is 6.67. The van der Waals surface area contributed by atoms with Gasteiger partial charge in [-0.05, 0) is 45.6 Å². The lowest BCUT2D eigenvalue weighted by atomic mass is 9.97. The van der Waals surface area contributed by atoms with Crippen LogP contribution in [0, 0.1) is 11.3 Å². The SMILES string of the molecule is CC(C)(C)[S@+]([O-])N[C@@H](c1cc(C(=N)N)cs1)C1CCCC1. The number of nitrogen functional groups attached to an aromatic ring is 1. The normalized spacial score (nSPS) is 19.6. The highest BCUT2D eigenvalue weighted by Gasteiger charge is 2.35. The summed E-state index contributed by atoms with van der Waals surface area (Å²) < 4.78 is 15.5. The molecule has 0 radical (unpaired) electrons. The van der Waals surface area contributed by atoms with E-state index in [1.165, 1.54) is 25.7 Å². The third-order valence-corrected chi connectivity index (χ3v) is 6.49. The van der Waals surface area contributed by atoms with Gasteiger partial charge in [-0.2, -0.15) is 0 Å². The van der Waals surface area contributed by atoms with E-state index in [-0.39, 0.29) is 16.6 Å². The van der Waals surface area contributed by atoms with Crippen LogP contribution in [0.25, 0.3) is 0 Å². The molecule has 118 valence electrons. The third kappa shape index (κ3) is 4.22. The highest BCUT2D eigenvalue weighted by atomic mass is 32.2. The molecule has 21 heavy (non-hydrogen) atoms. The fraction of sp³-hybridized carbons (Fsp3) is 0.667. The second-order valence-corrected chi connectivity index (χ2v) is 9.61. The zero-order valence-corrected chi connectivity index (χ0v) is 14.6. The van der Waals surface area contributed by atoms with Crippen molar-refractivity contribution in [2.45, 2.75) is 57.2 Å². The van der Waals surface area contributed by atoms with Gasteiger partial charge in [0, 0.05) is 27.2 Å². The van der Waals surface area contributed by atoms with E-state index in [0.29, 0.717) is 5.92 Å². The minimum atomic E-state index is -1.09. The number of hydrogen-bond acceptors (Lipinski definition) is 4. The van der Waals surface area contributed by atoms with E-state index >= 15 is 0 Å². The van der Waals surface area contributed by atoms with Crippen LogP contribution in [0.3, 0.4) is 0 Å². The molecule has 1 fully saturated rings. The Balaban J connectivity index is 2.20. The second kappa shape index (κ2) is 6.69. The van der Waals surface area contributed by atoms with E-state index in [2.05, 4.69) is 4.72 Å². The van der Waals surface area contributed by atoms with Crippen LogP contribution < -0.4 is 10.5 Å². The van der Waals surface area contributed by atoms with Gasteiger partial charge in [0.2, 0.25) is 0 Å². The van der Waals surface area contributed by atoms with Crippen LogP contribution in [0.4, 0.5) is 0 Å². The minimum absolute atomic E-state index is 0.0969. The first-order valence-electron chi connectivity index (χ1n) is 7.40. The van der Waals surface area contributed by atoms with Crippen molar-refractivity contribution in [2.75, 3.05) is 0 Å². The Bertz CT molecular complexity index is 489. The number of nitrogens with two attached hydrogens (primary N) is 1. The van der Waals surface area contributed by atoms with Crippen LogP contribution in [0.5, 0.6) is 0 Å². The monoisotopic (exact) mass is 327 g/mol. The lowest BCUT2D eigenvalue weighted by Gasteiger charge is -2.30. The number of hydrogen-bond donors (Lipinski definition) is 3. The van der Waals surface area contributed by atoms with Crippen LogP contribution >= 0.6 is 11.3 Å². The molecule has 0 bridgehead atoms. The molecule has 1 saturated carbocycles. The van der Waals surface area contributed by atoms with Gasteiger partial charge in [-0.1, -0.05) is 12.8 Å². The van der Waals surface area contributed by atoms with E-state index in [1.54, 1.807) is 11.3 Å². The first kappa shape index (κ1) is 16.8. The van der Waals surface area contributed by atoms with Gasteiger partial charge in [0.05, 0.1) is 6.04 Å². The molecule has 0 saturated heterocycles. The van der Waals surface area contributed by atoms with E-state index in [1.807, 2.05) is 32.2 Å². The van der Waals surface area contributed by atoms with E-state index in [4.69, 9.17) is 11.1 Å². The summed E-state index contributed by atoms with van der Waals surface area (Å²) in [5.74, 6) is 0.620. The average molecular weight is 328 g/mol. The Kier molecular flexibility index (Phi) is 5.35. The Labute approximate surface area is 134 Å². The molecule has 1 heterocycles. The molecule has 6 heteroatoms. The Morgan fingerprint density at radius 2 is 2.10 bits per heavy atom. The standard InChI is InChI=1S/C15H25N3OS2/c1-15(2,3)21(19)18-13(10-6-4-5-7-10)12-8-11(9-20-12)14(16)17/h8-10,13,18H,4-7H2,1-3H3,(H3,16,17)/t13-,21+/m1/s1. The van der Waals surface area contributed by atoms with Crippen molar-refractivity contribution in [3.63, 3.8) is 0 Å². The van der Waals surface area contributed by atoms with Gasteiger partial charge in [-0.15, -0.1) is 16.1 Å². The summed E-state index contributed by atoms with van der Waals surface area (Å²) >= 11 is 0.514. The fourth-order valence-corrected chi connectivity index (χ4v) is 4.66. The zero-order valence-electron chi connectivity index (χ0n) is 12.9. The highest BCUT2D eigenvalue weighted by Crippen LogP contribution is 2.39. The van der Waals surface area contributed by atoms with Gasteiger partial charge in [0.1, 0.15) is 10.6 Å². The molecule has 1 aliphatic rings. The zero-order chi connectivity index (χ0) is 15.6. The van der Waals surface area contributed by atoms with Crippen molar-refractivity contribution in [1.29, 1.82) is 5.41 Å². The smallest absolute Gasteiger partial charge is 0.136 e. The molecule has 1 aromatic rings. The van der Waals surface area contributed by atoms with Crippen LogP contribution in [0.2, 0.25) is 0 Å². The van der Waals surface area contributed by atoms with Gasteiger partial charge in [0.15, 0.2) is 0 Å². The van der Waals surface area contributed by atoms with E-state index in [0.717, 1.165) is 10.4 Å². The maximum Gasteiger partial charge on any atom is 0.136 e. The van der Waals surface area contributed by atoms with Gasteiger partial charge in [0.25, 0.3) is 0 Å². The molecule has 0 unspecified atom stereocenters. The number of nitrogens with one attached hydrogen (secondary N) is 2. The molecular formula is C15H25N3OS2. The van der Waals surface area contributed by atoms with Crippen LogP contribution in [-0.4, -0.2) is 15.1 Å². The van der Waals surface area contributed by atoms with Crippen molar-refractivity contribution >= 4 is 28.5 Å². The maximum atomic E-state index is 12.5. The van der Waals surface area contributed by atoms with E-state index in [9.17, 15) is 4.55 Å². The molecule has 4 N–H and O–H groups in total. The quantitative estimate of drug-likeness (QED) is 0.440. The molecule has 0 spiro atoms. The molecule has 0 aromatic carbocycles. The first-order valence-corrected chi connectivity index (χ1v) is 9.43. The number of rotatable bonds is 5. The van der Waals surface area contributed by atoms with E-state index < -0.39 is 11.4 Å². The Morgan fingerprint density at radius 3 is 2.57 bits per heavy atom.